The summed E-state index contributed by atoms with van der Waals surface area (Å²) in [4.78, 5) is 37.1. The van der Waals surface area contributed by atoms with Crippen LogP contribution in [-0.2, 0) is 33.3 Å². The van der Waals surface area contributed by atoms with Crippen molar-refractivity contribution < 1.29 is 42.9 Å². The average Bonchev–Trinajstić information content (AvgIpc) is 3.23. The van der Waals surface area contributed by atoms with Gasteiger partial charge in [0.25, 0.3) is 0 Å². The number of rotatable bonds is 48. The SMILES string of the molecule is CCCCC/C=C\C/C=C\CCCCCCCC(=O)OC(COC(=O)CCCCCCCCCCCCCCCCCCCCCCCC)COC(OCC[N+](C)(C)C)C(=O)[O-]. The Bertz CT molecular complexity index is 1070. The number of carboxylic acids is 1. The molecule has 0 aliphatic rings. The first-order chi connectivity index (χ1) is 30.1. The summed E-state index contributed by atoms with van der Waals surface area (Å²) < 4.78 is 22.6. The highest BCUT2D eigenvalue weighted by molar-refractivity contribution is 5.70. The van der Waals surface area contributed by atoms with Gasteiger partial charge in [-0.15, -0.1) is 0 Å². The third kappa shape index (κ3) is 45.8. The van der Waals surface area contributed by atoms with Gasteiger partial charge in [0.2, 0.25) is 0 Å². The molecule has 0 saturated heterocycles. The van der Waals surface area contributed by atoms with Crippen molar-refractivity contribution in [1.82, 2.24) is 0 Å². The number of aliphatic carboxylic acids is 1. The number of quaternary nitrogens is 1. The second-order valence-corrected chi connectivity index (χ2v) is 18.8. The monoisotopic (exact) mass is 878 g/mol. The lowest BCUT2D eigenvalue weighted by atomic mass is 10.0. The number of esters is 2. The van der Waals surface area contributed by atoms with E-state index in [0.29, 0.717) is 23.9 Å². The van der Waals surface area contributed by atoms with Crippen LogP contribution in [0.15, 0.2) is 24.3 Å². The van der Waals surface area contributed by atoms with Crippen molar-refractivity contribution in [3.63, 3.8) is 0 Å². The molecule has 0 N–H and O–H groups in total. The Morgan fingerprint density at radius 1 is 0.484 bits per heavy atom. The Kier molecular flexibility index (Phi) is 43.7. The van der Waals surface area contributed by atoms with E-state index in [1.165, 1.54) is 148 Å². The van der Waals surface area contributed by atoms with Crippen molar-refractivity contribution in [2.75, 3.05) is 47.5 Å². The number of carbonyl (C=O) groups is 3. The molecule has 2 atom stereocenters. The van der Waals surface area contributed by atoms with E-state index in [-0.39, 0.29) is 32.2 Å². The van der Waals surface area contributed by atoms with Crippen molar-refractivity contribution in [3.8, 4) is 0 Å². The molecule has 0 amide bonds. The predicted octanol–water partition coefficient (Wildman–Crippen LogP) is 13.1. The van der Waals surface area contributed by atoms with Crippen LogP contribution < -0.4 is 5.11 Å². The van der Waals surface area contributed by atoms with Gasteiger partial charge < -0.3 is 33.3 Å². The molecule has 0 saturated carbocycles. The van der Waals surface area contributed by atoms with Gasteiger partial charge in [-0.3, -0.25) is 9.59 Å². The van der Waals surface area contributed by atoms with Gasteiger partial charge in [-0.2, -0.15) is 0 Å². The highest BCUT2D eigenvalue weighted by Gasteiger charge is 2.22. The predicted molar refractivity (Wildman–Crippen MR) is 256 cm³/mol. The lowest BCUT2D eigenvalue weighted by molar-refractivity contribution is -0.870. The number of ether oxygens (including phenoxy) is 4. The van der Waals surface area contributed by atoms with Crippen LogP contribution in [0, 0.1) is 0 Å². The number of allylic oxidation sites excluding steroid dienone is 4. The fraction of sp³-hybridized carbons (Fsp3) is 0.868. The molecule has 0 aromatic rings. The molecule has 0 aliphatic carbocycles. The molecule has 9 nitrogen and oxygen atoms in total. The summed E-state index contributed by atoms with van der Waals surface area (Å²) in [7, 11) is 5.91. The van der Waals surface area contributed by atoms with Crippen molar-refractivity contribution in [3.05, 3.63) is 24.3 Å². The smallest absolute Gasteiger partial charge is 0.306 e. The van der Waals surface area contributed by atoms with Gasteiger partial charge >= 0.3 is 11.9 Å². The fourth-order valence-corrected chi connectivity index (χ4v) is 7.39. The van der Waals surface area contributed by atoms with E-state index in [4.69, 9.17) is 18.9 Å². The minimum Gasteiger partial charge on any atom is -0.545 e. The molecule has 364 valence electrons. The van der Waals surface area contributed by atoms with Crippen LogP contribution in [0.4, 0.5) is 0 Å². The number of hydrogen-bond donors (Lipinski definition) is 0. The van der Waals surface area contributed by atoms with Crippen LogP contribution in [0.1, 0.15) is 239 Å². The number of likely N-dealkylation sites (N-methyl/N-ethyl adjacent to an activating group) is 1. The Morgan fingerprint density at radius 2 is 0.871 bits per heavy atom. The number of carboxylic acid groups (broad SMARTS) is 1. The number of hydrogen-bond acceptors (Lipinski definition) is 8. The van der Waals surface area contributed by atoms with Gasteiger partial charge in [0, 0.05) is 12.8 Å². The molecule has 0 spiro atoms. The lowest BCUT2D eigenvalue weighted by Crippen LogP contribution is -2.44. The quantitative estimate of drug-likeness (QED) is 0.0195. The van der Waals surface area contributed by atoms with Crippen molar-refractivity contribution in [1.29, 1.82) is 0 Å². The average molecular weight is 878 g/mol. The van der Waals surface area contributed by atoms with Crippen LogP contribution in [0.25, 0.3) is 0 Å². The Hall–Kier alpha value is -2.23. The summed E-state index contributed by atoms with van der Waals surface area (Å²) in [6, 6.07) is 0. The third-order valence-electron chi connectivity index (χ3n) is 11.5. The molecule has 0 aromatic heterocycles. The zero-order valence-electron chi connectivity index (χ0n) is 41.3. The molecule has 2 unspecified atom stereocenters. The first kappa shape index (κ1) is 59.8. The van der Waals surface area contributed by atoms with E-state index >= 15 is 0 Å². The summed E-state index contributed by atoms with van der Waals surface area (Å²) in [5, 5.41) is 11.7. The van der Waals surface area contributed by atoms with Crippen LogP contribution in [0.2, 0.25) is 0 Å². The maximum absolute atomic E-state index is 12.8. The zero-order valence-corrected chi connectivity index (χ0v) is 41.3. The second kappa shape index (κ2) is 45.3. The van der Waals surface area contributed by atoms with Gasteiger partial charge in [0.15, 0.2) is 12.4 Å². The van der Waals surface area contributed by atoms with E-state index in [1.54, 1.807) is 0 Å². The van der Waals surface area contributed by atoms with E-state index in [1.807, 2.05) is 21.1 Å². The Morgan fingerprint density at radius 3 is 1.31 bits per heavy atom. The standard InChI is InChI=1S/C53H99NO8/c1-6-8-10-12-14-16-18-20-22-23-24-25-26-27-28-30-31-33-35-37-39-41-43-50(55)60-47-49(48-61-53(52(57)58)59-46-45-54(3,4)5)62-51(56)44-42-40-38-36-34-32-29-21-19-17-15-13-11-9-7-2/h15,17,21,29,49,53H,6-14,16,18-20,22-28,30-48H2,1-5H3/b17-15-,29-21-. The van der Waals surface area contributed by atoms with Crippen molar-refractivity contribution in [2.45, 2.75) is 251 Å². The third-order valence-corrected chi connectivity index (χ3v) is 11.5. The largest absolute Gasteiger partial charge is 0.545 e. The first-order valence-electron chi connectivity index (χ1n) is 26.0. The van der Waals surface area contributed by atoms with Gasteiger partial charge in [-0.1, -0.05) is 205 Å². The van der Waals surface area contributed by atoms with Crippen LogP contribution in [-0.4, -0.2) is 82.3 Å². The number of nitrogens with zero attached hydrogens (tertiary/aromatic N) is 1. The molecule has 0 rings (SSSR count). The summed E-state index contributed by atoms with van der Waals surface area (Å²) in [5.74, 6) is -2.29. The minimum atomic E-state index is -1.62. The van der Waals surface area contributed by atoms with Crippen molar-refractivity contribution >= 4 is 17.9 Å². The van der Waals surface area contributed by atoms with Crippen LogP contribution >= 0.6 is 0 Å². The molecule has 0 bridgehead atoms. The number of unbranched alkanes of at least 4 members (excludes halogenated alkanes) is 29. The van der Waals surface area contributed by atoms with Crippen LogP contribution in [0.5, 0.6) is 0 Å². The normalized spacial score (nSPS) is 13.0. The Labute approximate surface area is 382 Å². The summed E-state index contributed by atoms with van der Waals surface area (Å²) in [6.07, 6.45) is 47.9. The van der Waals surface area contributed by atoms with Crippen LogP contribution in [0.3, 0.4) is 0 Å². The van der Waals surface area contributed by atoms with Gasteiger partial charge in [0.1, 0.15) is 13.2 Å². The summed E-state index contributed by atoms with van der Waals surface area (Å²) in [5.41, 5.74) is 0. The minimum absolute atomic E-state index is 0.147. The molecule has 62 heavy (non-hydrogen) atoms. The summed E-state index contributed by atoms with van der Waals surface area (Å²) >= 11 is 0. The molecule has 0 aromatic carbocycles. The second-order valence-electron chi connectivity index (χ2n) is 18.8. The van der Waals surface area contributed by atoms with E-state index in [9.17, 15) is 19.5 Å². The molecular weight excluding hydrogens is 779 g/mol. The highest BCUT2D eigenvalue weighted by Crippen LogP contribution is 2.16. The Balaban J connectivity index is 4.27. The lowest BCUT2D eigenvalue weighted by Gasteiger charge is -2.26. The molecule has 0 aliphatic heterocycles. The maximum atomic E-state index is 12.8. The van der Waals surface area contributed by atoms with Gasteiger partial charge in [-0.05, 0) is 44.9 Å². The molecule has 0 radical (unpaired) electrons. The van der Waals surface area contributed by atoms with Gasteiger partial charge in [-0.25, -0.2) is 0 Å². The van der Waals surface area contributed by atoms with E-state index in [2.05, 4.69) is 38.2 Å². The molecule has 0 heterocycles. The molecular formula is C53H99NO8. The molecule has 0 fully saturated rings. The fourth-order valence-electron chi connectivity index (χ4n) is 7.39. The highest BCUT2D eigenvalue weighted by atomic mass is 16.7. The molecule has 9 heteroatoms. The van der Waals surface area contributed by atoms with E-state index < -0.39 is 24.3 Å². The first-order valence-corrected chi connectivity index (χ1v) is 26.0. The van der Waals surface area contributed by atoms with Crippen molar-refractivity contribution in [2.24, 2.45) is 0 Å². The number of carbonyl (C=O) groups excluding carboxylic acids is 3. The zero-order chi connectivity index (χ0) is 45.6. The van der Waals surface area contributed by atoms with Gasteiger partial charge in [0.05, 0.1) is 40.3 Å². The topological polar surface area (TPSA) is 111 Å². The van der Waals surface area contributed by atoms with E-state index in [0.717, 1.165) is 57.8 Å². The maximum Gasteiger partial charge on any atom is 0.306 e. The summed E-state index contributed by atoms with van der Waals surface area (Å²) in [6.45, 7) is 4.73.